The third-order valence-electron chi connectivity index (χ3n) is 4.95. The van der Waals surface area contributed by atoms with Crippen molar-refractivity contribution in [2.45, 2.75) is 20.5 Å². The van der Waals surface area contributed by atoms with E-state index in [9.17, 15) is 4.79 Å². The maximum absolute atomic E-state index is 13.1. The van der Waals surface area contributed by atoms with Gasteiger partial charge in [0.15, 0.2) is 15.8 Å². The molecule has 1 heterocycles. The summed E-state index contributed by atoms with van der Waals surface area (Å²) in [4.78, 5) is 15.3. The predicted octanol–water partition coefficient (Wildman–Crippen LogP) is 6.38. The number of nitrogens with zero attached hydrogens (tertiary/aromatic N) is 1. The van der Waals surface area contributed by atoms with E-state index in [-0.39, 0.29) is 5.91 Å². The van der Waals surface area contributed by atoms with Gasteiger partial charge in [-0.15, -0.1) is 0 Å². The van der Waals surface area contributed by atoms with E-state index < -0.39 is 0 Å². The van der Waals surface area contributed by atoms with E-state index in [4.69, 9.17) is 21.7 Å². The Morgan fingerprint density at radius 1 is 0.969 bits per heavy atom. The van der Waals surface area contributed by atoms with Crippen molar-refractivity contribution in [1.29, 1.82) is 0 Å². The Bertz CT molecular complexity index is 1170. The normalized spacial score (nSPS) is 14.8. The van der Waals surface area contributed by atoms with E-state index in [1.807, 2.05) is 92.7 Å². The second kappa shape index (κ2) is 10.0. The first kappa shape index (κ1) is 22.1. The molecule has 1 saturated heterocycles. The van der Waals surface area contributed by atoms with Crippen molar-refractivity contribution < 1.29 is 14.3 Å². The van der Waals surface area contributed by atoms with Gasteiger partial charge in [-0.25, -0.2) is 0 Å². The van der Waals surface area contributed by atoms with Crippen LogP contribution in [0.1, 0.15) is 23.6 Å². The van der Waals surface area contributed by atoms with Crippen molar-refractivity contribution >= 4 is 46.0 Å². The minimum absolute atomic E-state index is 0.114. The van der Waals surface area contributed by atoms with E-state index in [1.54, 1.807) is 4.90 Å². The summed E-state index contributed by atoms with van der Waals surface area (Å²) in [5.41, 5.74) is 3.76. The number of amides is 1. The van der Waals surface area contributed by atoms with Gasteiger partial charge in [0.05, 0.1) is 17.2 Å². The van der Waals surface area contributed by atoms with Crippen molar-refractivity contribution in [3.05, 3.63) is 94.4 Å². The largest absolute Gasteiger partial charge is 0.490 e. The Balaban J connectivity index is 1.57. The topological polar surface area (TPSA) is 38.8 Å². The lowest BCUT2D eigenvalue weighted by atomic mass is 10.1. The van der Waals surface area contributed by atoms with Crippen LogP contribution in [0.25, 0.3) is 6.08 Å². The van der Waals surface area contributed by atoms with Gasteiger partial charge in [0.25, 0.3) is 5.91 Å². The van der Waals surface area contributed by atoms with E-state index in [2.05, 4.69) is 0 Å². The molecule has 32 heavy (non-hydrogen) atoms. The quantitative estimate of drug-likeness (QED) is 0.302. The third kappa shape index (κ3) is 4.87. The molecule has 162 valence electrons. The smallest absolute Gasteiger partial charge is 0.270 e. The summed E-state index contributed by atoms with van der Waals surface area (Å²) >= 11 is 6.81. The molecule has 0 unspecified atom stereocenters. The number of ether oxygens (including phenoxy) is 2. The van der Waals surface area contributed by atoms with Crippen molar-refractivity contribution in [3.63, 3.8) is 0 Å². The number of thiocarbonyl (C=S) groups is 1. The fourth-order valence-electron chi connectivity index (χ4n) is 3.38. The molecule has 1 aliphatic heterocycles. The lowest BCUT2D eigenvalue weighted by molar-refractivity contribution is -0.113. The molecule has 4 rings (SSSR count). The van der Waals surface area contributed by atoms with E-state index in [0.717, 1.165) is 22.4 Å². The first-order valence-electron chi connectivity index (χ1n) is 10.3. The highest BCUT2D eigenvalue weighted by Gasteiger charge is 2.34. The number of hydrogen-bond donors (Lipinski definition) is 0. The van der Waals surface area contributed by atoms with Gasteiger partial charge in [-0.3, -0.25) is 9.69 Å². The lowest BCUT2D eigenvalue weighted by Gasteiger charge is -2.16. The number of rotatable bonds is 7. The lowest BCUT2D eigenvalue weighted by Crippen LogP contribution is -2.28. The van der Waals surface area contributed by atoms with Gasteiger partial charge in [-0.2, -0.15) is 0 Å². The Morgan fingerprint density at radius 3 is 2.47 bits per heavy atom. The summed E-state index contributed by atoms with van der Waals surface area (Å²) in [5, 5.41) is 0. The number of carbonyl (C=O) groups excluding carboxylic acids is 1. The summed E-state index contributed by atoms with van der Waals surface area (Å²) in [5.74, 6) is 1.20. The molecule has 0 bridgehead atoms. The van der Waals surface area contributed by atoms with Gasteiger partial charge in [0, 0.05) is 0 Å². The van der Waals surface area contributed by atoms with Crippen molar-refractivity contribution in [2.75, 3.05) is 11.5 Å². The third-order valence-corrected chi connectivity index (χ3v) is 6.25. The van der Waals surface area contributed by atoms with Crippen LogP contribution in [-0.4, -0.2) is 16.8 Å². The molecule has 6 heteroatoms. The minimum Gasteiger partial charge on any atom is -0.490 e. The predicted molar refractivity (Wildman–Crippen MR) is 135 cm³/mol. The average molecular weight is 462 g/mol. The number of carbonyl (C=O) groups is 1. The SMILES string of the molecule is CCOc1cc(/C=C2\SC(=S)N(c3ccccc3C)C2=O)ccc1OCc1ccccc1. The zero-order valence-electron chi connectivity index (χ0n) is 17.9. The van der Waals surface area contributed by atoms with Crippen LogP contribution < -0.4 is 14.4 Å². The number of anilines is 1. The summed E-state index contributed by atoms with van der Waals surface area (Å²) in [6.07, 6.45) is 1.85. The molecule has 1 fully saturated rings. The minimum atomic E-state index is -0.114. The molecule has 0 aliphatic carbocycles. The van der Waals surface area contributed by atoms with Gasteiger partial charge < -0.3 is 9.47 Å². The molecule has 0 saturated carbocycles. The van der Waals surface area contributed by atoms with Crippen LogP contribution in [-0.2, 0) is 11.4 Å². The second-order valence-electron chi connectivity index (χ2n) is 7.22. The fraction of sp³-hybridized carbons (Fsp3) is 0.154. The zero-order chi connectivity index (χ0) is 22.5. The summed E-state index contributed by atoms with van der Waals surface area (Å²) in [6, 6.07) is 23.4. The average Bonchev–Trinajstić information content (AvgIpc) is 3.07. The summed E-state index contributed by atoms with van der Waals surface area (Å²) in [7, 11) is 0. The van der Waals surface area contributed by atoms with Gasteiger partial charge >= 0.3 is 0 Å². The molecule has 3 aromatic rings. The number of thioether (sulfide) groups is 1. The molecule has 0 spiro atoms. The first-order chi connectivity index (χ1) is 15.6. The summed E-state index contributed by atoms with van der Waals surface area (Å²) in [6.45, 7) is 4.87. The van der Waals surface area contributed by atoms with Crippen LogP contribution in [0, 0.1) is 6.92 Å². The number of para-hydroxylation sites is 1. The van der Waals surface area contributed by atoms with Gasteiger partial charge in [0.2, 0.25) is 0 Å². The van der Waals surface area contributed by atoms with Crippen LogP contribution in [0.4, 0.5) is 5.69 Å². The Kier molecular flexibility index (Phi) is 6.93. The van der Waals surface area contributed by atoms with Crippen molar-refractivity contribution in [1.82, 2.24) is 0 Å². The van der Waals surface area contributed by atoms with E-state index in [0.29, 0.717) is 33.9 Å². The maximum atomic E-state index is 13.1. The Morgan fingerprint density at radius 2 is 1.72 bits per heavy atom. The number of hydrogen-bond acceptors (Lipinski definition) is 5. The first-order valence-corrected chi connectivity index (χ1v) is 11.6. The molecule has 4 nitrogen and oxygen atoms in total. The Labute approximate surface area is 197 Å². The van der Waals surface area contributed by atoms with Gasteiger partial charge in [-0.05, 0) is 54.8 Å². The van der Waals surface area contributed by atoms with Crippen molar-refractivity contribution in [2.24, 2.45) is 0 Å². The number of aryl methyl sites for hydroxylation is 1. The molecular formula is C26H23NO3S2. The van der Waals surface area contributed by atoms with Crippen LogP contribution in [0.3, 0.4) is 0 Å². The molecule has 0 aromatic heterocycles. The number of benzene rings is 3. The van der Waals surface area contributed by atoms with E-state index in [1.165, 1.54) is 11.8 Å². The second-order valence-corrected chi connectivity index (χ2v) is 8.89. The zero-order valence-corrected chi connectivity index (χ0v) is 19.5. The van der Waals surface area contributed by atoms with Gasteiger partial charge in [0.1, 0.15) is 6.61 Å². The van der Waals surface area contributed by atoms with Gasteiger partial charge in [-0.1, -0.05) is 78.6 Å². The highest BCUT2D eigenvalue weighted by molar-refractivity contribution is 8.27. The fourth-order valence-corrected chi connectivity index (χ4v) is 4.66. The maximum Gasteiger partial charge on any atom is 0.270 e. The van der Waals surface area contributed by atoms with Crippen LogP contribution >= 0.6 is 24.0 Å². The van der Waals surface area contributed by atoms with Crippen molar-refractivity contribution in [3.8, 4) is 11.5 Å². The molecule has 0 radical (unpaired) electrons. The Hall–Kier alpha value is -3.09. The molecule has 3 aromatic carbocycles. The van der Waals surface area contributed by atoms with E-state index >= 15 is 0 Å². The molecule has 1 aliphatic rings. The van der Waals surface area contributed by atoms with Crippen LogP contribution in [0.15, 0.2) is 77.7 Å². The van der Waals surface area contributed by atoms with Crippen LogP contribution in [0.5, 0.6) is 11.5 Å². The van der Waals surface area contributed by atoms with Crippen LogP contribution in [0.2, 0.25) is 0 Å². The monoisotopic (exact) mass is 461 g/mol. The molecular weight excluding hydrogens is 438 g/mol. The molecule has 1 amide bonds. The standard InChI is InChI=1S/C26H23NO3S2/c1-3-29-23-15-20(13-14-22(23)30-17-19-10-5-4-6-11-19)16-24-25(28)27(26(31)32-24)21-12-8-7-9-18(21)2/h4-16H,3,17H2,1-2H3/b24-16-. The highest BCUT2D eigenvalue weighted by atomic mass is 32.2. The molecule has 0 atom stereocenters. The molecule has 0 N–H and O–H groups in total. The summed E-state index contributed by atoms with van der Waals surface area (Å²) < 4.78 is 12.3. The highest BCUT2D eigenvalue weighted by Crippen LogP contribution is 2.38.